The molecule has 1 saturated heterocycles. The van der Waals surface area contributed by atoms with E-state index in [1.807, 2.05) is 71.9 Å². The summed E-state index contributed by atoms with van der Waals surface area (Å²) in [7, 11) is 0. The molecular weight excluding hydrogens is 720 g/mol. The SMILES string of the molecule is CC(C)C(N)C(=O)O.CC(C)CC(N)C(=O)O.CC(C)CC(N)C(=O)O.CCC(C)C(N)C(=O)O.NC(Cc1ccccc1)C(=O)O.O=C(O)[C@@H]1CCCN1. The zero-order valence-corrected chi connectivity index (χ0v) is 33.6. The van der Waals surface area contributed by atoms with Crippen molar-refractivity contribution in [3.8, 4) is 0 Å². The van der Waals surface area contributed by atoms with Gasteiger partial charge in [0.05, 0.1) is 0 Å². The summed E-state index contributed by atoms with van der Waals surface area (Å²) >= 11 is 0. The van der Waals surface area contributed by atoms with Crippen molar-refractivity contribution in [2.75, 3.05) is 6.54 Å². The molecule has 0 bridgehead atoms. The van der Waals surface area contributed by atoms with E-state index in [0.29, 0.717) is 31.1 Å². The van der Waals surface area contributed by atoms with Crippen molar-refractivity contribution in [2.24, 2.45) is 52.3 Å². The van der Waals surface area contributed by atoms with Crippen LogP contribution in [0.4, 0.5) is 0 Å². The Morgan fingerprint density at radius 1 is 0.636 bits per heavy atom. The smallest absolute Gasteiger partial charge is 0.320 e. The van der Waals surface area contributed by atoms with E-state index < -0.39 is 66.0 Å². The van der Waals surface area contributed by atoms with Gasteiger partial charge in [0.25, 0.3) is 0 Å². The van der Waals surface area contributed by atoms with E-state index in [9.17, 15) is 28.8 Å². The van der Waals surface area contributed by atoms with Crippen LogP contribution in [0.3, 0.4) is 0 Å². The molecule has 55 heavy (non-hydrogen) atoms. The van der Waals surface area contributed by atoms with Crippen molar-refractivity contribution in [3.05, 3.63) is 35.9 Å². The molecule has 1 aromatic rings. The summed E-state index contributed by atoms with van der Waals surface area (Å²) in [5.74, 6) is -4.54. The molecule has 1 fully saturated rings. The first-order valence-corrected chi connectivity index (χ1v) is 18.1. The lowest BCUT2D eigenvalue weighted by Gasteiger charge is -2.11. The van der Waals surface area contributed by atoms with E-state index in [2.05, 4.69) is 5.32 Å². The third-order valence-corrected chi connectivity index (χ3v) is 7.60. The molecule has 7 atom stereocenters. The average molecular weight is 791 g/mol. The van der Waals surface area contributed by atoms with Gasteiger partial charge in [-0.2, -0.15) is 0 Å². The van der Waals surface area contributed by atoms with E-state index >= 15 is 0 Å². The predicted molar refractivity (Wildman–Crippen MR) is 210 cm³/mol. The van der Waals surface area contributed by atoms with Crippen molar-refractivity contribution in [2.45, 2.75) is 130 Å². The van der Waals surface area contributed by atoms with Crippen molar-refractivity contribution in [1.29, 1.82) is 0 Å². The molecule has 1 aliphatic rings. The van der Waals surface area contributed by atoms with Gasteiger partial charge in [-0.25, -0.2) is 0 Å². The van der Waals surface area contributed by atoms with Gasteiger partial charge < -0.3 is 64.6 Å². The summed E-state index contributed by atoms with van der Waals surface area (Å²) in [6, 6.07) is 5.48. The van der Waals surface area contributed by atoms with Crippen LogP contribution >= 0.6 is 0 Å². The van der Waals surface area contributed by atoms with Gasteiger partial charge in [0.2, 0.25) is 0 Å². The van der Waals surface area contributed by atoms with Crippen molar-refractivity contribution in [1.82, 2.24) is 5.32 Å². The van der Waals surface area contributed by atoms with Gasteiger partial charge in [0, 0.05) is 0 Å². The maximum Gasteiger partial charge on any atom is 0.320 e. The Bertz CT molecular complexity index is 1180. The number of carbonyl (C=O) groups is 6. The van der Waals surface area contributed by atoms with E-state index in [0.717, 1.165) is 31.4 Å². The minimum absolute atomic E-state index is 0.0208. The Labute approximate surface area is 325 Å². The van der Waals surface area contributed by atoms with Gasteiger partial charge in [-0.05, 0) is 67.9 Å². The molecule has 0 radical (unpaired) electrons. The van der Waals surface area contributed by atoms with Crippen molar-refractivity contribution < 1.29 is 59.4 Å². The van der Waals surface area contributed by atoms with E-state index in [4.69, 9.17) is 59.3 Å². The topological polar surface area (TPSA) is 366 Å². The van der Waals surface area contributed by atoms with Crippen LogP contribution in [0.1, 0.15) is 93.1 Å². The largest absolute Gasteiger partial charge is 0.480 e. The fraction of sp³-hybridized carbons (Fsp3) is 0.676. The number of carboxylic acids is 6. The van der Waals surface area contributed by atoms with Crippen LogP contribution in [-0.2, 0) is 35.2 Å². The molecular formula is C37H70N6O12. The Morgan fingerprint density at radius 2 is 1.04 bits per heavy atom. The summed E-state index contributed by atoms with van der Waals surface area (Å²) in [5.41, 5.74) is 27.2. The van der Waals surface area contributed by atoms with Crippen LogP contribution < -0.4 is 34.0 Å². The molecule has 1 aromatic carbocycles. The molecule has 0 saturated carbocycles. The standard InChI is InChI=1S/C9H11NO2.3C6H13NO2.C5H9NO2.C5H11NO2/c10-8(9(11)12)6-7-4-2-1-3-5-7;2*1-4(2)3-5(7)6(8)9;1-3-4(2)5(7)6(8)9;7-5(8)4-2-1-3-6-4;1-3(2)4(6)5(7)8/h1-5,8H,6,10H2,(H,11,12);3*4-5H,3,7H2,1-2H3,(H,8,9);4,6H,1-3H2,(H,7,8);3-4H,6H2,1-2H3,(H,7,8)/t;;;;4-;/m....0./s1. The quantitative estimate of drug-likeness (QED) is 0.121. The Kier molecular flexibility index (Phi) is 34.7. The molecule has 320 valence electrons. The molecule has 6 unspecified atom stereocenters. The third kappa shape index (κ3) is 35.3. The highest BCUT2D eigenvalue weighted by atomic mass is 16.4. The predicted octanol–water partition coefficient (Wildman–Crippen LogP) is 1.85. The second-order valence-corrected chi connectivity index (χ2v) is 14.1. The molecule has 0 aromatic heterocycles. The lowest BCUT2D eigenvalue weighted by molar-refractivity contribution is -0.140. The molecule has 18 nitrogen and oxygen atoms in total. The van der Waals surface area contributed by atoms with Crippen molar-refractivity contribution in [3.63, 3.8) is 0 Å². The van der Waals surface area contributed by atoms with E-state index in [-0.39, 0.29) is 17.9 Å². The number of hydrogen-bond donors (Lipinski definition) is 12. The van der Waals surface area contributed by atoms with E-state index in [1.165, 1.54) is 0 Å². The number of hydrogen-bond acceptors (Lipinski definition) is 12. The molecule has 17 N–H and O–H groups in total. The highest BCUT2D eigenvalue weighted by Gasteiger charge is 2.20. The first-order valence-electron chi connectivity index (χ1n) is 18.1. The maximum absolute atomic E-state index is 10.4. The summed E-state index contributed by atoms with van der Waals surface area (Å²) < 4.78 is 0. The van der Waals surface area contributed by atoms with Crippen LogP contribution in [0.25, 0.3) is 0 Å². The third-order valence-electron chi connectivity index (χ3n) is 7.60. The first-order chi connectivity index (χ1) is 25.2. The zero-order chi connectivity index (χ0) is 44.0. The van der Waals surface area contributed by atoms with Gasteiger partial charge in [-0.15, -0.1) is 0 Å². The van der Waals surface area contributed by atoms with Crippen LogP contribution in [0.15, 0.2) is 30.3 Å². The number of benzene rings is 1. The second-order valence-electron chi connectivity index (χ2n) is 14.1. The van der Waals surface area contributed by atoms with Gasteiger partial charge in [0.1, 0.15) is 36.3 Å². The monoisotopic (exact) mass is 791 g/mol. The summed E-state index contributed by atoms with van der Waals surface area (Å²) in [6.07, 6.45) is 4.08. The molecule has 0 spiro atoms. The fourth-order valence-corrected chi connectivity index (χ4v) is 3.85. The number of nitrogens with one attached hydrogen (secondary N) is 1. The molecule has 18 heteroatoms. The summed E-state index contributed by atoms with van der Waals surface area (Å²) in [5, 5.41) is 52.9. The number of nitrogens with two attached hydrogens (primary N) is 5. The van der Waals surface area contributed by atoms with Crippen molar-refractivity contribution >= 4 is 35.8 Å². The highest BCUT2D eigenvalue weighted by molar-refractivity contribution is 5.75. The van der Waals surface area contributed by atoms with Gasteiger partial charge in [0.15, 0.2) is 0 Å². The lowest BCUT2D eigenvalue weighted by Crippen LogP contribution is -2.36. The van der Waals surface area contributed by atoms with Crippen LogP contribution in [0, 0.1) is 23.7 Å². The fourth-order valence-electron chi connectivity index (χ4n) is 3.85. The number of aliphatic carboxylic acids is 6. The second kappa shape index (κ2) is 33.2. The Morgan fingerprint density at radius 3 is 1.22 bits per heavy atom. The van der Waals surface area contributed by atoms with Crippen LogP contribution in [-0.4, -0.2) is 109 Å². The Hall–Kier alpha value is -4.20. The highest BCUT2D eigenvalue weighted by Crippen LogP contribution is 2.05. The number of rotatable bonds is 15. The van der Waals surface area contributed by atoms with Gasteiger partial charge in [-0.1, -0.05) is 92.1 Å². The minimum atomic E-state index is -0.959. The maximum atomic E-state index is 10.4. The first kappa shape index (κ1) is 57.5. The van der Waals surface area contributed by atoms with Crippen LogP contribution in [0.2, 0.25) is 0 Å². The molecule has 1 heterocycles. The van der Waals surface area contributed by atoms with Crippen LogP contribution in [0.5, 0.6) is 0 Å². The summed E-state index contributed by atoms with van der Waals surface area (Å²) in [6.45, 7) is 16.0. The molecule has 0 amide bonds. The van der Waals surface area contributed by atoms with Gasteiger partial charge in [-0.3, -0.25) is 28.8 Å². The minimum Gasteiger partial charge on any atom is -0.480 e. The van der Waals surface area contributed by atoms with Gasteiger partial charge >= 0.3 is 35.8 Å². The molecule has 2 rings (SSSR count). The molecule has 1 aliphatic heterocycles. The zero-order valence-electron chi connectivity index (χ0n) is 33.6. The number of carboxylic acid groups (broad SMARTS) is 6. The average Bonchev–Trinajstić information content (AvgIpc) is 3.64. The lowest BCUT2D eigenvalue weighted by atomic mass is 10.0. The molecule has 0 aliphatic carbocycles. The normalized spacial score (nSPS) is 16.1. The summed E-state index contributed by atoms with van der Waals surface area (Å²) in [4.78, 5) is 60.9. The Balaban J connectivity index is -0.000000286. The van der Waals surface area contributed by atoms with E-state index in [1.54, 1.807) is 13.8 Å².